The Hall–Kier alpha value is -0.0571. The Bertz CT molecular complexity index is 835. The molecule has 30 heteroatoms. The summed E-state index contributed by atoms with van der Waals surface area (Å²) in [6.45, 7) is 0. The van der Waals surface area contributed by atoms with Crippen LogP contribution in [0, 0.1) is 0 Å². The first-order chi connectivity index (χ1) is 13.0. The number of halogens is 12. The Kier molecular flexibility index (Phi) is 20.3. The molecule has 0 aliphatic rings. The Labute approximate surface area is 203 Å². The van der Waals surface area contributed by atoms with Gasteiger partial charge in [-0.1, -0.05) is 0 Å². The zero-order chi connectivity index (χ0) is 28.0. The van der Waals surface area contributed by atoms with Crippen LogP contribution in [0.1, 0.15) is 0 Å². The molecule has 0 rings (SSSR count). The van der Waals surface area contributed by atoms with Gasteiger partial charge in [-0.05, 0) is 0 Å². The molecule has 0 spiro atoms. The summed E-state index contributed by atoms with van der Waals surface area (Å²) in [5, 5.41) is 0. The molecule has 0 heterocycles. The van der Waals surface area contributed by atoms with E-state index < -0.39 is 62.5 Å². The maximum absolute atomic E-state index is 10.7. The van der Waals surface area contributed by atoms with E-state index in [0.29, 0.717) is 0 Å². The second-order valence-electron chi connectivity index (χ2n) is 3.60. The minimum Gasteiger partial charge on any atom is -0.741 e. The molecule has 0 saturated heterocycles. The third kappa shape index (κ3) is 23.7. The van der Waals surface area contributed by atoms with E-state index in [1.807, 2.05) is 0 Å². The molecule has 12 nitrogen and oxygen atoms in total. The van der Waals surface area contributed by atoms with Crippen LogP contribution in [0.2, 0.25) is 0 Å². The van der Waals surface area contributed by atoms with Gasteiger partial charge in [-0.25, -0.2) is 33.7 Å². The van der Waals surface area contributed by atoms with Crippen LogP contribution < -0.4 is 0 Å². The van der Waals surface area contributed by atoms with Gasteiger partial charge in [-0.15, -0.1) is 0 Å². The van der Waals surface area contributed by atoms with Crippen LogP contribution in [0.3, 0.4) is 0 Å². The van der Waals surface area contributed by atoms with E-state index in [-0.39, 0.29) is 36.5 Å². The van der Waals surface area contributed by atoms with Gasteiger partial charge in [0.25, 0.3) is 0 Å². The summed E-state index contributed by atoms with van der Waals surface area (Å²) in [6.07, 6.45) is 0. The van der Waals surface area contributed by atoms with E-state index in [9.17, 15) is 52.7 Å². The molecule has 34 heavy (non-hydrogen) atoms. The van der Waals surface area contributed by atoms with Gasteiger partial charge in [-0.2, -0.15) is 52.7 Å². The molecular formula is C4F12FeO12S4Zn. The molecule has 0 aliphatic heterocycles. The summed E-state index contributed by atoms with van der Waals surface area (Å²) in [5.41, 5.74) is -22.6. The number of rotatable bonds is 0. The van der Waals surface area contributed by atoms with Crippen molar-refractivity contribution >= 4 is 40.5 Å². The van der Waals surface area contributed by atoms with Crippen molar-refractivity contribution in [2.45, 2.75) is 22.0 Å². The monoisotopic (exact) mass is 716 g/mol. The molecule has 0 aromatic rings. The molecular weight excluding hydrogens is 718 g/mol. The van der Waals surface area contributed by atoms with Gasteiger partial charge < -0.3 is 18.2 Å². The molecule has 0 unspecified atom stereocenters. The fourth-order valence-corrected chi connectivity index (χ4v) is 0. The van der Waals surface area contributed by atoms with Crippen LogP contribution in [0.5, 0.6) is 0 Å². The van der Waals surface area contributed by atoms with E-state index >= 15 is 0 Å². The van der Waals surface area contributed by atoms with Crippen LogP contribution in [-0.2, 0) is 77.0 Å². The largest absolute Gasteiger partial charge is 2.00 e. The Balaban J connectivity index is -0.0000000754. The van der Waals surface area contributed by atoms with Gasteiger partial charge in [0.05, 0.1) is 0 Å². The van der Waals surface area contributed by atoms with Gasteiger partial charge in [0.2, 0.25) is 0 Å². The fraction of sp³-hybridized carbons (Fsp3) is 1.00. The number of alkyl halides is 12. The maximum atomic E-state index is 10.7. The van der Waals surface area contributed by atoms with Crippen LogP contribution in [0.25, 0.3) is 0 Å². The molecule has 0 atom stereocenters. The summed E-state index contributed by atoms with van der Waals surface area (Å²) >= 11 is 0. The van der Waals surface area contributed by atoms with Crippen LogP contribution in [0.4, 0.5) is 52.7 Å². The van der Waals surface area contributed by atoms with E-state index in [2.05, 4.69) is 0 Å². The Morgan fingerprint density at radius 2 is 0.382 bits per heavy atom. The second-order valence-corrected chi connectivity index (χ2v) is 9.08. The Morgan fingerprint density at radius 1 is 0.353 bits per heavy atom. The molecule has 0 amide bonds. The molecule has 0 aromatic carbocycles. The number of hydrogen-bond acceptors (Lipinski definition) is 12. The van der Waals surface area contributed by atoms with Gasteiger partial charge in [0, 0.05) is 0 Å². The second kappa shape index (κ2) is 14.6. The van der Waals surface area contributed by atoms with Crippen molar-refractivity contribution in [2.75, 3.05) is 0 Å². The van der Waals surface area contributed by atoms with Gasteiger partial charge in [0.15, 0.2) is 40.5 Å². The van der Waals surface area contributed by atoms with Gasteiger partial charge in [-0.3, -0.25) is 0 Å². The molecule has 0 N–H and O–H groups in total. The van der Waals surface area contributed by atoms with Crippen molar-refractivity contribution in [1.29, 1.82) is 0 Å². The SMILES string of the molecule is O=S(=O)([O-])C(F)(F)F.O=S(=O)([O-])C(F)(F)F.O=S(=O)([O-])C(F)(F)F.O=S(=O)([O-])C(F)(F)F.[Fe+2].[Zn+2]. The minimum absolute atomic E-state index is 0. The Morgan fingerprint density at radius 3 is 0.382 bits per heavy atom. The summed E-state index contributed by atoms with van der Waals surface area (Å²) in [7, 11) is -24.4. The van der Waals surface area contributed by atoms with Crippen LogP contribution in [0.15, 0.2) is 0 Å². The van der Waals surface area contributed by atoms with Crippen molar-refractivity contribution in [2.24, 2.45) is 0 Å². The number of hydrogen-bond donors (Lipinski definition) is 0. The first-order valence-corrected chi connectivity index (χ1v) is 10.7. The first-order valence-electron chi connectivity index (χ1n) is 5.08. The fourth-order valence-electron chi connectivity index (χ4n) is 0. The van der Waals surface area contributed by atoms with Crippen molar-refractivity contribution in [3.63, 3.8) is 0 Å². The summed E-state index contributed by atoms with van der Waals surface area (Å²) in [6, 6.07) is 0. The first kappa shape index (κ1) is 47.2. The normalized spacial score (nSPS) is 13.2. The average molecular weight is 718 g/mol. The summed E-state index contributed by atoms with van der Waals surface area (Å²) in [4.78, 5) is 0. The quantitative estimate of drug-likeness (QED) is 0.142. The van der Waals surface area contributed by atoms with Crippen molar-refractivity contribution in [3.8, 4) is 0 Å². The third-order valence-corrected chi connectivity index (χ3v) is 3.40. The van der Waals surface area contributed by atoms with Crippen molar-refractivity contribution in [1.82, 2.24) is 0 Å². The molecule has 0 fully saturated rings. The average Bonchev–Trinajstić information content (AvgIpc) is 2.30. The van der Waals surface area contributed by atoms with E-state index in [1.165, 1.54) is 0 Å². The minimum atomic E-state index is -6.09. The van der Waals surface area contributed by atoms with Crippen LogP contribution >= 0.6 is 0 Å². The standard InChI is InChI=1S/4CHF3O3S.Fe.Zn/c4*2-1(3,4)8(5,6)7;;/h4*(H,5,6,7);;/q;;;;2*+2/p-4. The smallest absolute Gasteiger partial charge is 0.741 e. The van der Waals surface area contributed by atoms with Gasteiger partial charge >= 0.3 is 58.6 Å². The van der Waals surface area contributed by atoms with Crippen molar-refractivity contribution < 1.29 is 141 Å². The molecule has 0 bridgehead atoms. The predicted octanol–water partition coefficient (Wildman–Crippen LogP) is 0.201. The zero-order valence-corrected chi connectivity index (χ0v) is 21.5. The zero-order valence-electron chi connectivity index (χ0n) is 14.1. The molecule has 0 aliphatic carbocycles. The summed E-state index contributed by atoms with van der Waals surface area (Å²) in [5.74, 6) is 0. The summed E-state index contributed by atoms with van der Waals surface area (Å²) < 4.78 is 236. The van der Waals surface area contributed by atoms with Crippen molar-refractivity contribution in [3.05, 3.63) is 0 Å². The van der Waals surface area contributed by atoms with E-state index in [1.54, 1.807) is 0 Å². The molecule has 0 saturated carbocycles. The molecule has 0 aromatic heterocycles. The topological polar surface area (TPSA) is 229 Å². The van der Waals surface area contributed by atoms with E-state index in [4.69, 9.17) is 51.9 Å². The third-order valence-electron chi connectivity index (χ3n) is 1.13. The molecule has 206 valence electrons. The maximum Gasteiger partial charge on any atom is 2.00 e. The predicted molar refractivity (Wildman–Crippen MR) is 63.0 cm³/mol. The van der Waals surface area contributed by atoms with Gasteiger partial charge in [0.1, 0.15) is 0 Å². The van der Waals surface area contributed by atoms with E-state index in [0.717, 1.165) is 0 Å². The molecule has 0 radical (unpaired) electrons. The van der Waals surface area contributed by atoms with Crippen LogP contribution in [-0.4, -0.2) is 73.9 Å².